The summed E-state index contributed by atoms with van der Waals surface area (Å²) < 4.78 is 0. The Morgan fingerprint density at radius 2 is 1.41 bits per heavy atom. The average molecular weight is 322 g/mol. The smallest absolute Gasteiger partial charge is 0.549 e. The van der Waals surface area contributed by atoms with Crippen LogP contribution in [0.3, 0.4) is 0 Å². The maximum absolute atomic E-state index is 11.5. The van der Waals surface area contributed by atoms with Gasteiger partial charge in [0.1, 0.15) is 0 Å². The number of rotatable bonds is 9. The van der Waals surface area contributed by atoms with Crippen molar-refractivity contribution < 1.29 is 78.9 Å². The van der Waals surface area contributed by atoms with E-state index < -0.39 is 17.4 Å². The number of unbranched alkanes of at least 4 members (excludes halogenated alkanes) is 4. The Kier molecular flexibility index (Phi) is 13.9. The summed E-state index contributed by atoms with van der Waals surface area (Å²) in [6, 6.07) is 7.94. The van der Waals surface area contributed by atoms with Gasteiger partial charge in [-0.15, -0.1) is 0 Å². The molecule has 0 amide bonds. The Balaban J connectivity index is 0. The average Bonchev–Trinajstić information content (AvgIpc) is 2.43. The van der Waals surface area contributed by atoms with Crippen LogP contribution in [0, 0.1) is 0 Å². The summed E-state index contributed by atoms with van der Waals surface area (Å²) in [5, 5.41) is 22.9. The fourth-order valence-corrected chi connectivity index (χ4v) is 2.38. The van der Waals surface area contributed by atoms with E-state index in [0.717, 1.165) is 25.7 Å². The summed E-state index contributed by atoms with van der Waals surface area (Å²) in [6.07, 6.45) is 4.45. The normalized spacial score (nSPS) is 10.2. The van der Waals surface area contributed by atoms with Crippen LogP contribution in [0.5, 0.6) is 0 Å². The standard InChI is InChI=1S/C16H22O4.2Na/c1-2-3-4-5-9-12-16(14(17)18,15(19)20)13-10-7-6-8-11-13;;/h6-8,10-11H,2-5,9,12H2,1H3,(H,17,18)(H,19,20);;/q;2*+1/p-2. The van der Waals surface area contributed by atoms with E-state index in [1.807, 2.05) is 0 Å². The van der Waals surface area contributed by atoms with Gasteiger partial charge in [-0.2, -0.15) is 0 Å². The van der Waals surface area contributed by atoms with Crippen molar-refractivity contribution in [2.24, 2.45) is 0 Å². The Morgan fingerprint density at radius 1 is 0.909 bits per heavy atom. The number of hydrogen-bond donors (Lipinski definition) is 0. The molecule has 1 rings (SSSR count). The minimum absolute atomic E-state index is 0. The number of hydrogen-bond acceptors (Lipinski definition) is 4. The van der Waals surface area contributed by atoms with Gasteiger partial charge in [0, 0.05) is 0 Å². The van der Waals surface area contributed by atoms with E-state index >= 15 is 0 Å². The second-order valence-electron chi connectivity index (χ2n) is 5.01. The minimum atomic E-state index is -2.05. The zero-order chi connectivity index (χ0) is 15.0. The van der Waals surface area contributed by atoms with E-state index in [0.29, 0.717) is 6.42 Å². The van der Waals surface area contributed by atoms with E-state index in [-0.39, 0.29) is 71.1 Å². The van der Waals surface area contributed by atoms with Crippen molar-refractivity contribution >= 4 is 11.9 Å². The van der Waals surface area contributed by atoms with Crippen LogP contribution in [0.15, 0.2) is 30.3 Å². The second kappa shape index (κ2) is 12.6. The third-order valence-electron chi connectivity index (χ3n) is 3.62. The third kappa shape index (κ3) is 6.34. The summed E-state index contributed by atoms with van der Waals surface area (Å²) in [6.45, 7) is 2.08. The fourth-order valence-electron chi connectivity index (χ4n) is 2.38. The van der Waals surface area contributed by atoms with Crippen LogP contribution in [0.25, 0.3) is 0 Å². The molecule has 22 heavy (non-hydrogen) atoms. The second-order valence-corrected chi connectivity index (χ2v) is 5.01. The van der Waals surface area contributed by atoms with Crippen LogP contribution in [0.4, 0.5) is 0 Å². The minimum Gasteiger partial charge on any atom is -0.549 e. The van der Waals surface area contributed by atoms with Gasteiger partial charge in [0.25, 0.3) is 0 Å². The predicted octanol–water partition coefficient (Wildman–Crippen LogP) is -5.21. The number of carbonyl (C=O) groups is 2. The largest absolute Gasteiger partial charge is 1.00 e. The number of carbonyl (C=O) groups excluding carboxylic acids is 2. The van der Waals surface area contributed by atoms with Crippen molar-refractivity contribution in [3.05, 3.63) is 35.9 Å². The monoisotopic (exact) mass is 322 g/mol. The zero-order valence-corrected chi connectivity index (χ0v) is 17.8. The van der Waals surface area contributed by atoms with Gasteiger partial charge in [-0.3, -0.25) is 0 Å². The van der Waals surface area contributed by atoms with Gasteiger partial charge in [0.15, 0.2) is 0 Å². The molecule has 0 unspecified atom stereocenters. The van der Waals surface area contributed by atoms with Gasteiger partial charge in [-0.05, 0) is 12.0 Å². The van der Waals surface area contributed by atoms with Crippen LogP contribution in [-0.4, -0.2) is 11.9 Å². The SMILES string of the molecule is CCCCCCCC(C(=O)[O-])(C(=O)[O-])c1ccccc1.[Na+].[Na+]. The van der Waals surface area contributed by atoms with E-state index in [9.17, 15) is 19.8 Å². The first-order valence-electron chi connectivity index (χ1n) is 7.04. The Bertz CT molecular complexity index is 435. The summed E-state index contributed by atoms with van der Waals surface area (Å²) in [4.78, 5) is 22.9. The maximum Gasteiger partial charge on any atom is 1.00 e. The summed E-state index contributed by atoms with van der Waals surface area (Å²) in [5.41, 5.74) is -1.83. The van der Waals surface area contributed by atoms with Crippen LogP contribution in [0.1, 0.15) is 51.0 Å². The van der Waals surface area contributed by atoms with E-state index in [1.165, 1.54) is 12.1 Å². The van der Waals surface area contributed by atoms with Gasteiger partial charge in [0.05, 0.1) is 17.4 Å². The van der Waals surface area contributed by atoms with Crippen molar-refractivity contribution in [3.8, 4) is 0 Å². The molecule has 1 aromatic rings. The van der Waals surface area contributed by atoms with Crippen LogP contribution < -0.4 is 69.3 Å². The molecule has 0 saturated heterocycles. The predicted molar refractivity (Wildman–Crippen MR) is 71.5 cm³/mol. The molecular weight excluding hydrogens is 302 g/mol. The van der Waals surface area contributed by atoms with Crippen LogP contribution in [-0.2, 0) is 15.0 Å². The van der Waals surface area contributed by atoms with E-state index in [2.05, 4.69) is 6.92 Å². The van der Waals surface area contributed by atoms with Gasteiger partial charge in [-0.1, -0.05) is 69.4 Å². The Hall–Kier alpha value is 0.160. The van der Waals surface area contributed by atoms with Crippen molar-refractivity contribution in [2.75, 3.05) is 0 Å². The van der Waals surface area contributed by atoms with Crippen molar-refractivity contribution in [1.29, 1.82) is 0 Å². The number of carboxylic acids is 2. The molecule has 0 N–H and O–H groups in total. The quantitative estimate of drug-likeness (QED) is 0.259. The van der Waals surface area contributed by atoms with Gasteiger partial charge < -0.3 is 19.8 Å². The molecule has 4 nitrogen and oxygen atoms in total. The first-order chi connectivity index (χ1) is 9.55. The first kappa shape index (κ1) is 24.4. The molecule has 0 aliphatic heterocycles. The Morgan fingerprint density at radius 3 is 1.86 bits per heavy atom. The third-order valence-corrected chi connectivity index (χ3v) is 3.62. The molecule has 0 saturated carbocycles. The van der Waals surface area contributed by atoms with Gasteiger partial charge in [-0.25, -0.2) is 0 Å². The fraction of sp³-hybridized carbons (Fsp3) is 0.500. The Labute approximate surface area is 176 Å². The number of aliphatic carboxylic acids is 2. The summed E-state index contributed by atoms with van der Waals surface area (Å²) in [7, 11) is 0. The number of carboxylic acid groups (broad SMARTS) is 2. The van der Waals surface area contributed by atoms with Gasteiger partial charge >= 0.3 is 59.1 Å². The molecule has 0 heterocycles. The maximum atomic E-state index is 11.5. The molecule has 1 aromatic carbocycles. The summed E-state index contributed by atoms with van der Waals surface area (Å²) in [5.74, 6) is -3.20. The first-order valence-corrected chi connectivity index (χ1v) is 7.04. The molecule has 0 radical (unpaired) electrons. The van der Waals surface area contributed by atoms with Gasteiger partial charge in [0.2, 0.25) is 0 Å². The molecule has 0 atom stereocenters. The molecule has 0 fully saturated rings. The topological polar surface area (TPSA) is 80.3 Å². The molecule has 0 aliphatic rings. The molecular formula is C16H20Na2O4. The van der Waals surface area contributed by atoms with E-state index in [4.69, 9.17) is 0 Å². The zero-order valence-electron chi connectivity index (χ0n) is 13.8. The molecule has 0 bridgehead atoms. The molecule has 6 heteroatoms. The van der Waals surface area contributed by atoms with Crippen LogP contribution in [0.2, 0.25) is 0 Å². The molecule has 0 aromatic heterocycles. The van der Waals surface area contributed by atoms with Crippen LogP contribution >= 0.6 is 0 Å². The summed E-state index contributed by atoms with van der Waals surface area (Å²) >= 11 is 0. The molecule has 0 aliphatic carbocycles. The van der Waals surface area contributed by atoms with E-state index in [1.54, 1.807) is 18.2 Å². The molecule has 0 spiro atoms. The van der Waals surface area contributed by atoms with Crippen molar-refractivity contribution in [2.45, 2.75) is 50.9 Å². The van der Waals surface area contributed by atoms with Crippen molar-refractivity contribution in [3.63, 3.8) is 0 Å². The number of benzene rings is 1. The molecule has 110 valence electrons. The van der Waals surface area contributed by atoms with Crippen molar-refractivity contribution in [1.82, 2.24) is 0 Å².